The molecule has 0 spiro atoms. The number of nitrogens with zero attached hydrogens (tertiary/aromatic N) is 2. The number of nitrogens with one attached hydrogen (secondary N) is 2. The molecule has 1 amide bonds. The maximum absolute atomic E-state index is 11.9. The molecule has 0 saturated heterocycles. The maximum atomic E-state index is 11.9. The standard InChI is InChI=1S/C16H16N4OS/c21-15(17-10-13-6-7-18-20-13)9-14-11-22-16(19-14)8-12-4-2-1-3-5-12/h1-7,11H,8-10H2,(H,17,21)(H,18,20). The van der Waals surface area contributed by atoms with Crippen LogP contribution in [0.5, 0.6) is 0 Å². The van der Waals surface area contributed by atoms with Crippen LogP contribution < -0.4 is 5.32 Å². The number of amides is 1. The van der Waals surface area contributed by atoms with Crippen molar-refractivity contribution in [3.05, 3.63) is 69.9 Å². The van der Waals surface area contributed by atoms with E-state index in [9.17, 15) is 4.79 Å². The van der Waals surface area contributed by atoms with Crippen LogP contribution in [0.15, 0.2) is 48.0 Å². The lowest BCUT2D eigenvalue weighted by molar-refractivity contribution is -0.120. The molecular weight excluding hydrogens is 296 g/mol. The van der Waals surface area contributed by atoms with Crippen molar-refractivity contribution in [2.24, 2.45) is 0 Å². The van der Waals surface area contributed by atoms with Gasteiger partial charge in [0.1, 0.15) is 0 Å². The number of aromatic amines is 1. The third-order valence-corrected chi connectivity index (χ3v) is 4.07. The van der Waals surface area contributed by atoms with E-state index in [4.69, 9.17) is 0 Å². The van der Waals surface area contributed by atoms with E-state index in [2.05, 4.69) is 32.6 Å². The van der Waals surface area contributed by atoms with Crippen LogP contribution in [0.25, 0.3) is 0 Å². The summed E-state index contributed by atoms with van der Waals surface area (Å²) in [4.78, 5) is 16.4. The van der Waals surface area contributed by atoms with Gasteiger partial charge in [0.25, 0.3) is 0 Å². The number of aromatic nitrogens is 3. The molecule has 0 atom stereocenters. The number of hydrogen-bond donors (Lipinski definition) is 2. The molecular formula is C16H16N4OS. The normalized spacial score (nSPS) is 10.5. The highest BCUT2D eigenvalue weighted by Gasteiger charge is 2.08. The van der Waals surface area contributed by atoms with Gasteiger partial charge in [-0.1, -0.05) is 30.3 Å². The number of carbonyl (C=O) groups is 1. The zero-order chi connectivity index (χ0) is 15.2. The quantitative estimate of drug-likeness (QED) is 0.734. The Morgan fingerprint density at radius 3 is 2.86 bits per heavy atom. The van der Waals surface area contributed by atoms with Gasteiger partial charge in [0.2, 0.25) is 5.91 Å². The first kappa shape index (κ1) is 14.5. The van der Waals surface area contributed by atoms with Crippen LogP contribution in [0.2, 0.25) is 0 Å². The van der Waals surface area contributed by atoms with Gasteiger partial charge in [-0.3, -0.25) is 9.89 Å². The van der Waals surface area contributed by atoms with Crippen molar-refractivity contribution in [3.8, 4) is 0 Å². The zero-order valence-corrected chi connectivity index (χ0v) is 12.8. The number of thiazole rings is 1. The maximum Gasteiger partial charge on any atom is 0.226 e. The summed E-state index contributed by atoms with van der Waals surface area (Å²) >= 11 is 1.59. The minimum atomic E-state index is -0.0360. The molecule has 1 aromatic carbocycles. The van der Waals surface area contributed by atoms with Crippen molar-refractivity contribution in [1.82, 2.24) is 20.5 Å². The van der Waals surface area contributed by atoms with E-state index < -0.39 is 0 Å². The molecule has 22 heavy (non-hydrogen) atoms. The highest BCUT2D eigenvalue weighted by molar-refractivity contribution is 7.09. The smallest absolute Gasteiger partial charge is 0.226 e. The Morgan fingerprint density at radius 2 is 2.09 bits per heavy atom. The molecule has 0 aliphatic heterocycles. The third kappa shape index (κ3) is 4.02. The van der Waals surface area contributed by atoms with Gasteiger partial charge < -0.3 is 5.32 Å². The molecule has 112 valence electrons. The first-order valence-corrected chi connectivity index (χ1v) is 7.90. The lowest BCUT2D eigenvalue weighted by Gasteiger charge is -2.01. The zero-order valence-electron chi connectivity index (χ0n) is 12.0. The van der Waals surface area contributed by atoms with E-state index in [-0.39, 0.29) is 5.91 Å². The summed E-state index contributed by atoms with van der Waals surface area (Å²) in [6, 6.07) is 12.0. The Labute approximate surface area is 132 Å². The first-order valence-electron chi connectivity index (χ1n) is 7.02. The van der Waals surface area contributed by atoms with Gasteiger partial charge >= 0.3 is 0 Å². The molecule has 6 heteroatoms. The third-order valence-electron chi connectivity index (χ3n) is 3.17. The molecule has 0 fully saturated rings. The predicted molar refractivity (Wildman–Crippen MR) is 85.5 cm³/mol. The topological polar surface area (TPSA) is 70.7 Å². The van der Waals surface area contributed by atoms with Gasteiger partial charge in [0, 0.05) is 18.0 Å². The molecule has 0 unspecified atom stereocenters. The number of benzene rings is 1. The van der Waals surface area contributed by atoms with Crippen LogP contribution in [-0.2, 0) is 24.2 Å². The number of hydrogen-bond acceptors (Lipinski definition) is 4. The summed E-state index contributed by atoms with van der Waals surface area (Å²) in [5, 5.41) is 12.5. The fourth-order valence-corrected chi connectivity index (χ4v) is 2.91. The van der Waals surface area contributed by atoms with Gasteiger partial charge in [0.05, 0.1) is 29.4 Å². The predicted octanol–water partition coefficient (Wildman–Crippen LogP) is 2.32. The summed E-state index contributed by atoms with van der Waals surface area (Å²) in [5.74, 6) is -0.0360. The van der Waals surface area contributed by atoms with E-state index in [1.54, 1.807) is 17.5 Å². The number of carbonyl (C=O) groups excluding carboxylic acids is 1. The molecule has 5 nitrogen and oxygen atoms in total. The van der Waals surface area contributed by atoms with Crippen LogP contribution in [-0.4, -0.2) is 21.1 Å². The van der Waals surface area contributed by atoms with Crippen LogP contribution in [0.3, 0.4) is 0 Å². The van der Waals surface area contributed by atoms with Gasteiger partial charge in [-0.05, 0) is 11.6 Å². The Balaban J connectivity index is 1.51. The monoisotopic (exact) mass is 312 g/mol. The largest absolute Gasteiger partial charge is 0.350 e. The molecule has 3 aromatic rings. The van der Waals surface area contributed by atoms with Crippen LogP contribution in [0, 0.1) is 0 Å². The van der Waals surface area contributed by atoms with Crippen LogP contribution >= 0.6 is 11.3 Å². The molecule has 0 saturated carbocycles. The highest BCUT2D eigenvalue weighted by Crippen LogP contribution is 2.15. The van der Waals surface area contributed by atoms with Crippen molar-refractivity contribution < 1.29 is 4.79 Å². The fourth-order valence-electron chi connectivity index (χ4n) is 2.09. The summed E-state index contributed by atoms with van der Waals surface area (Å²) < 4.78 is 0. The van der Waals surface area contributed by atoms with Crippen LogP contribution in [0.1, 0.15) is 22.0 Å². The summed E-state index contributed by atoms with van der Waals surface area (Å²) in [5.41, 5.74) is 2.93. The number of H-pyrrole nitrogens is 1. The molecule has 0 aliphatic carbocycles. The van der Waals surface area contributed by atoms with Crippen molar-refractivity contribution in [3.63, 3.8) is 0 Å². The Kier molecular flexibility index (Phi) is 4.60. The lowest BCUT2D eigenvalue weighted by Crippen LogP contribution is -2.24. The van der Waals surface area contributed by atoms with Gasteiger partial charge in [-0.15, -0.1) is 11.3 Å². The molecule has 2 aromatic heterocycles. The second-order valence-electron chi connectivity index (χ2n) is 4.93. The fraction of sp³-hybridized carbons (Fsp3) is 0.188. The summed E-state index contributed by atoms with van der Waals surface area (Å²) in [7, 11) is 0. The minimum absolute atomic E-state index is 0.0360. The highest BCUT2D eigenvalue weighted by atomic mass is 32.1. The Bertz CT molecular complexity index is 722. The molecule has 3 rings (SSSR count). The van der Waals surface area contributed by atoms with Gasteiger partial charge in [0.15, 0.2) is 0 Å². The Hall–Kier alpha value is -2.47. The molecule has 0 radical (unpaired) electrons. The van der Waals surface area contributed by atoms with E-state index >= 15 is 0 Å². The second-order valence-corrected chi connectivity index (χ2v) is 5.87. The SMILES string of the molecule is O=C(Cc1csc(Cc2ccccc2)n1)NCc1ccn[nH]1. The van der Waals surface area contributed by atoms with E-state index in [0.717, 1.165) is 22.8 Å². The second kappa shape index (κ2) is 7.00. The summed E-state index contributed by atoms with van der Waals surface area (Å²) in [6.07, 6.45) is 2.78. The van der Waals surface area contributed by atoms with Crippen molar-refractivity contribution in [1.29, 1.82) is 0 Å². The van der Waals surface area contributed by atoms with Crippen molar-refractivity contribution in [2.45, 2.75) is 19.4 Å². The molecule has 2 N–H and O–H groups in total. The molecule has 0 bridgehead atoms. The molecule has 0 aliphatic rings. The number of rotatable bonds is 6. The first-order chi connectivity index (χ1) is 10.8. The van der Waals surface area contributed by atoms with Gasteiger partial charge in [-0.2, -0.15) is 5.10 Å². The van der Waals surface area contributed by atoms with E-state index in [1.807, 2.05) is 29.6 Å². The lowest BCUT2D eigenvalue weighted by atomic mass is 10.2. The Morgan fingerprint density at radius 1 is 1.23 bits per heavy atom. The minimum Gasteiger partial charge on any atom is -0.350 e. The average Bonchev–Trinajstić information content (AvgIpc) is 3.18. The van der Waals surface area contributed by atoms with E-state index in [1.165, 1.54) is 5.56 Å². The van der Waals surface area contributed by atoms with Crippen molar-refractivity contribution in [2.75, 3.05) is 0 Å². The summed E-state index contributed by atoms with van der Waals surface area (Å²) in [6.45, 7) is 0.458. The van der Waals surface area contributed by atoms with Gasteiger partial charge in [-0.25, -0.2) is 4.98 Å². The molecule has 2 heterocycles. The van der Waals surface area contributed by atoms with Crippen LogP contribution in [0.4, 0.5) is 0 Å². The average molecular weight is 312 g/mol. The van der Waals surface area contributed by atoms with E-state index in [0.29, 0.717) is 13.0 Å². The van der Waals surface area contributed by atoms with Crippen molar-refractivity contribution >= 4 is 17.2 Å².